The molecular formula is C17H19N3O. The van der Waals surface area contributed by atoms with Crippen molar-refractivity contribution < 1.29 is 4.74 Å². The standard InChI is InChI=1S/C17H19N3O/c1-3-20-17(15(21-2)11-19-20)16(18)14-9-8-12-6-4-5-7-13(12)10-14/h4-11,16H,3,18H2,1-2H3. The molecule has 2 N–H and O–H groups in total. The summed E-state index contributed by atoms with van der Waals surface area (Å²) in [4.78, 5) is 0. The Balaban J connectivity index is 2.07. The second-order valence-electron chi connectivity index (χ2n) is 5.00. The van der Waals surface area contributed by atoms with E-state index in [9.17, 15) is 0 Å². The molecule has 4 heteroatoms. The minimum absolute atomic E-state index is 0.257. The molecule has 0 saturated heterocycles. The molecule has 21 heavy (non-hydrogen) atoms. The lowest BCUT2D eigenvalue weighted by Crippen LogP contribution is -2.18. The van der Waals surface area contributed by atoms with Gasteiger partial charge in [-0.3, -0.25) is 4.68 Å². The van der Waals surface area contributed by atoms with Crippen LogP contribution in [-0.4, -0.2) is 16.9 Å². The van der Waals surface area contributed by atoms with E-state index in [-0.39, 0.29) is 6.04 Å². The summed E-state index contributed by atoms with van der Waals surface area (Å²) >= 11 is 0. The van der Waals surface area contributed by atoms with Gasteiger partial charge in [-0.15, -0.1) is 0 Å². The van der Waals surface area contributed by atoms with Crippen molar-refractivity contribution in [2.75, 3.05) is 7.11 Å². The molecule has 0 fully saturated rings. The summed E-state index contributed by atoms with van der Waals surface area (Å²) in [6.45, 7) is 2.81. The highest BCUT2D eigenvalue weighted by Gasteiger charge is 2.19. The van der Waals surface area contributed by atoms with E-state index in [2.05, 4.69) is 35.4 Å². The van der Waals surface area contributed by atoms with E-state index in [1.807, 2.05) is 23.7 Å². The average molecular weight is 281 g/mol. The summed E-state index contributed by atoms with van der Waals surface area (Å²) in [6, 6.07) is 14.3. The van der Waals surface area contributed by atoms with Crippen LogP contribution in [0.25, 0.3) is 10.8 Å². The van der Waals surface area contributed by atoms with Gasteiger partial charge in [0.05, 0.1) is 19.3 Å². The van der Waals surface area contributed by atoms with E-state index in [1.165, 1.54) is 10.8 Å². The second-order valence-corrected chi connectivity index (χ2v) is 5.00. The first-order valence-corrected chi connectivity index (χ1v) is 7.08. The summed E-state index contributed by atoms with van der Waals surface area (Å²) < 4.78 is 7.28. The second kappa shape index (κ2) is 5.58. The molecule has 108 valence electrons. The fourth-order valence-electron chi connectivity index (χ4n) is 2.66. The zero-order valence-electron chi connectivity index (χ0n) is 12.3. The number of aryl methyl sites for hydroxylation is 1. The van der Waals surface area contributed by atoms with E-state index in [1.54, 1.807) is 13.3 Å². The number of hydrogen-bond donors (Lipinski definition) is 1. The number of nitrogens with zero attached hydrogens (tertiary/aromatic N) is 2. The molecule has 4 nitrogen and oxygen atoms in total. The van der Waals surface area contributed by atoms with Crippen molar-refractivity contribution in [2.24, 2.45) is 5.73 Å². The van der Waals surface area contributed by atoms with Crippen molar-refractivity contribution in [2.45, 2.75) is 19.5 Å². The van der Waals surface area contributed by atoms with Gasteiger partial charge in [-0.05, 0) is 29.3 Å². The zero-order valence-corrected chi connectivity index (χ0v) is 12.3. The SMILES string of the molecule is CCn1ncc(OC)c1C(N)c1ccc2ccccc2c1. The summed E-state index contributed by atoms with van der Waals surface area (Å²) in [5.41, 5.74) is 8.43. The Hall–Kier alpha value is -2.33. The van der Waals surface area contributed by atoms with Crippen molar-refractivity contribution in [3.8, 4) is 5.75 Å². The number of fused-ring (bicyclic) bond motifs is 1. The van der Waals surface area contributed by atoms with Crippen molar-refractivity contribution in [1.82, 2.24) is 9.78 Å². The first-order chi connectivity index (χ1) is 10.2. The van der Waals surface area contributed by atoms with Gasteiger partial charge in [0.1, 0.15) is 5.69 Å². The number of nitrogens with two attached hydrogens (primary N) is 1. The smallest absolute Gasteiger partial charge is 0.161 e. The van der Waals surface area contributed by atoms with Gasteiger partial charge in [0.2, 0.25) is 0 Å². The van der Waals surface area contributed by atoms with Crippen molar-refractivity contribution in [1.29, 1.82) is 0 Å². The third-order valence-electron chi connectivity index (χ3n) is 3.79. The number of rotatable bonds is 4. The van der Waals surface area contributed by atoms with Gasteiger partial charge in [-0.25, -0.2) is 0 Å². The van der Waals surface area contributed by atoms with Gasteiger partial charge in [0.15, 0.2) is 5.75 Å². The number of benzene rings is 2. The Labute approximate surface area is 124 Å². The molecule has 1 unspecified atom stereocenters. The number of ether oxygens (including phenoxy) is 1. The molecule has 3 rings (SSSR count). The molecule has 0 bridgehead atoms. The highest BCUT2D eigenvalue weighted by atomic mass is 16.5. The van der Waals surface area contributed by atoms with Gasteiger partial charge in [-0.2, -0.15) is 5.10 Å². The maximum absolute atomic E-state index is 6.46. The molecule has 0 radical (unpaired) electrons. The largest absolute Gasteiger partial charge is 0.493 e. The normalized spacial score (nSPS) is 12.5. The van der Waals surface area contributed by atoms with E-state index in [4.69, 9.17) is 10.5 Å². The van der Waals surface area contributed by atoms with Gasteiger partial charge in [0, 0.05) is 6.54 Å². The molecule has 1 heterocycles. The minimum Gasteiger partial charge on any atom is -0.493 e. The summed E-state index contributed by atoms with van der Waals surface area (Å²) in [6.07, 6.45) is 1.72. The maximum atomic E-state index is 6.46. The summed E-state index contributed by atoms with van der Waals surface area (Å²) in [7, 11) is 1.65. The van der Waals surface area contributed by atoms with Gasteiger partial charge >= 0.3 is 0 Å². The van der Waals surface area contributed by atoms with Gasteiger partial charge in [0.25, 0.3) is 0 Å². The Bertz CT molecular complexity index is 742. The van der Waals surface area contributed by atoms with Crippen LogP contribution in [0.15, 0.2) is 48.7 Å². The van der Waals surface area contributed by atoms with Gasteiger partial charge < -0.3 is 10.5 Å². The molecular weight excluding hydrogens is 262 g/mol. The van der Waals surface area contributed by atoms with Crippen LogP contribution in [0.3, 0.4) is 0 Å². The molecule has 0 spiro atoms. The van der Waals surface area contributed by atoms with E-state index in [0.29, 0.717) is 0 Å². The highest BCUT2D eigenvalue weighted by molar-refractivity contribution is 5.83. The minimum atomic E-state index is -0.257. The van der Waals surface area contributed by atoms with Gasteiger partial charge in [-0.1, -0.05) is 36.4 Å². The van der Waals surface area contributed by atoms with Crippen LogP contribution < -0.4 is 10.5 Å². The predicted molar refractivity (Wildman–Crippen MR) is 84.4 cm³/mol. The molecule has 0 aliphatic rings. The highest BCUT2D eigenvalue weighted by Crippen LogP contribution is 2.29. The quantitative estimate of drug-likeness (QED) is 0.799. The van der Waals surface area contributed by atoms with Crippen LogP contribution in [0, 0.1) is 0 Å². The first-order valence-electron chi connectivity index (χ1n) is 7.08. The van der Waals surface area contributed by atoms with E-state index in [0.717, 1.165) is 23.6 Å². The fourth-order valence-corrected chi connectivity index (χ4v) is 2.66. The van der Waals surface area contributed by atoms with Crippen LogP contribution in [0.2, 0.25) is 0 Å². The van der Waals surface area contributed by atoms with E-state index < -0.39 is 0 Å². The average Bonchev–Trinajstić information content (AvgIpc) is 2.96. The molecule has 1 atom stereocenters. The number of aromatic nitrogens is 2. The molecule has 0 amide bonds. The molecule has 3 aromatic rings. The first kappa shape index (κ1) is 13.6. The van der Waals surface area contributed by atoms with Crippen LogP contribution >= 0.6 is 0 Å². The Morgan fingerprint density at radius 3 is 2.67 bits per heavy atom. The van der Waals surface area contributed by atoms with E-state index >= 15 is 0 Å². The predicted octanol–water partition coefficient (Wildman–Crippen LogP) is 3.11. The van der Waals surface area contributed by atoms with Crippen molar-refractivity contribution >= 4 is 10.8 Å². The molecule has 0 aliphatic carbocycles. The van der Waals surface area contributed by atoms with Crippen LogP contribution in [0.5, 0.6) is 5.75 Å². The van der Waals surface area contributed by atoms with Crippen molar-refractivity contribution in [3.63, 3.8) is 0 Å². The lowest BCUT2D eigenvalue weighted by Gasteiger charge is -2.16. The lowest BCUT2D eigenvalue weighted by atomic mass is 10.00. The maximum Gasteiger partial charge on any atom is 0.161 e. The molecule has 2 aromatic carbocycles. The van der Waals surface area contributed by atoms with Crippen LogP contribution in [0.1, 0.15) is 24.2 Å². The lowest BCUT2D eigenvalue weighted by molar-refractivity contribution is 0.404. The molecule has 0 saturated carbocycles. The molecule has 0 aliphatic heterocycles. The van der Waals surface area contributed by atoms with Crippen LogP contribution in [0.4, 0.5) is 0 Å². The van der Waals surface area contributed by atoms with Crippen molar-refractivity contribution in [3.05, 3.63) is 59.9 Å². The third kappa shape index (κ3) is 2.38. The monoisotopic (exact) mass is 281 g/mol. The van der Waals surface area contributed by atoms with Crippen LogP contribution in [-0.2, 0) is 6.54 Å². The Morgan fingerprint density at radius 2 is 1.95 bits per heavy atom. The summed E-state index contributed by atoms with van der Waals surface area (Å²) in [5.74, 6) is 0.734. The molecule has 1 aromatic heterocycles. The Morgan fingerprint density at radius 1 is 1.19 bits per heavy atom. The number of methoxy groups -OCH3 is 1. The topological polar surface area (TPSA) is 53.1 Å². The number of hydrogen-bond acceptors (Lipinski definition) is 3. The third-order valence-corrected chi connectivity index (χ3v) is 3.79. The fraction of sp³-hybridized carbons (Fsp3) is 0.235. The summed E-state index contributed by atoms with van der Waals surface area (Å²) in [5, 5.41) is 6.73. The zero-order chi connectivity index (χ0) is 14.8. The Kier molecular flexibility index (Phi) is 3.62.